The van der Waals surface area contributed by atoms with Gasteiger partial charge in [0.15, 0.2) is 0 Å². The van der Waals surface area contributed by atoms with E-state index in [1.807, 2.05) is 19.2 Å². The maximum absolute atomic E-state index is 5.29. The monoisotopic (exact) mass is 161 g/mol. The molecule has 2 nitrogen and oxygen atoms in total. The lowest BCUT2D eigenvalue weighted by atomic mass is 10.3. The molecule has 0 N–H and O–H groups in total. The first-order valence-electron chi connectivity index (χ1n) is 3.95. The van der Waals surface area contributed by atoms with Crippen LogP contribution in [-0.4, -0.2) is 4.57 Å². The van der Waals surface area contributed by atoms with Gasteiger partial charge in [-0.05, 0) is 31.2 Å². The highest BCUT2D eigenvalue weighted by molar-refractivity contribution is 5.53. The van der Waals surface area contributed by atoms with Crippen LogP contribution in [0.3, 0.4) is 0 Å². The third-order valence-corrected chi connectivity index (χ3v) is 2.15. The highest BCUT2D eigenvalue weighted by Gasteiger charge is 2.05. The van der Waals surface area contributed by atoms with Gasteiger partial charge in [0.1, 0.15) is 5.76 Å². The maximum Gasteiger partial charge on any atom is 0.150 e. The third-order valence-electron chi connectivity index (χ3n) is 2.15. The van der Waals surface area contributed by atoms with Crippen LogP contribution in [0.15, 0.2) is 34.9 Å². The standard InChI is InChI=1S/C10H11NO/c1-8-5-6-9(11(8)2)10-4-3-7-12-10/h3-7H,1-2H3. The average Bonchev–Trinajstić information content (AvgIpc) is 2.64. The molecule has 0 saturated carbocycles. The third kappa shape index (κ3) is 0.961. The van der Waals surface area contributed by atoms with Crippen LogP contribution in [0.4, 0.5) is 0 Å². The van der Waals surface area contributed by atoms with Gasteiger partial charge >= 0.3 is 0 Å². The minimum Gasteiger partial charge on any atom is -0.463 e. The van der Waals surface area contributed by atoms with E-state index in [1.165, 1.54) is 5.69 Å². The van der Waals surface area contributed by atoms with Crippen LogP contribution in [0.1, 0.15) is 5.69 Å². The average molecular weight is 161 g/mol. The van der Waals surface area contributed by atoms with Crippen LogP contribution >= 0.6 is 0 Å². The molecule has 0 aromatic carbocycles. The number of rotatable bonds is 1. The smallest absolute Gasteiger partial charge is 0.150 e. The zero-order valence-electron chi connectivity index (χ0n) is 7.24. The Morgan fingerprint density at radius 1 is 1.25 bits per heavy atom. The van der Waals surface area contributed by atoms with E-state index in [2.05, 4.69) is 23.6 Å². The van der Waals surface area contributed by atoms with E-state index in [0.717, 1.165) is 11.5 Å². The number of hydrogen-bond donors (Lipinski definition) is 0. The van der Waals surface area contributed by atoms with E-state index in [0.29, 0.717) is 0 Å². The summed E-state index contributed by atoms with van der Waals surface area (Å²) in [6.45, 7) is 2.08. The molecule has 2 heterocycles. The Balaban J connectivity index is 2.55. The second-order valence-corrected chi connectivity index (χ2v) is 2.90. The first-order valence-corrected chi connectivity index (χ1v) is 3.95. The van der Waals surface area contributed by atoms with Gasteiger partial charge in [0.2, 0.25) is 0 Å². The Hall–Kier alpha value is -1.44. The predicted molar refractivity (Wildman–Crippen MR) is 47.9 cm³/mol. The summed E-state index contributed by atoms with van der Waals surface area (Å²) in [6, 6.07) is 8.01. The molecule has 0 fully saturated rings. The summed E-state index contributed by atoms with van der Waals surface area (Å²) < 4.78 is 7.40. The second kappa shape index (κ2) is 2.55. The molecule has 2 aromatic rings. The molecule has 0 aliphatic heterocycles. The molecule has 0 aliphatic carbocycles. The van der Waals surface area contributed by atoms with Crippen molar-refractivity contribution in [3.63, 3.8) is 0 Å². The molecular formula is C10H11NO. The van der Waals surface area contributed by atoms with Gasteiger partial charge in [-0.3, -0.25) is 0 Å². The van der Waals surface area contributed by atoms with Crippen LogP contribution in [0.5, 0.6) is 0 Å². The highest BCUT2D eigenvalue weighted by atomic mass is 16.3. The minimum absolute atomic E-state index is 0.922. The molecular weight excluding hydrogens is 150 g/mol. The molecule has 2 heteroatoms. The van der Waals surface area contributed by atoms with E-state index in [-0.39, 0.29) is 0 Å². The molecule has 62 valence electrons. The van der Waals surface area contributed by atoms with Gasteiger partial charge < -0.3 is 8.98 Å². The van der Waals surface area contributed by atoms with E-state index < -0.39 is 0 Å². The Kier molecular flexibility index (Phi) is 1.54. The highest BCUT2D eigenvalue weighted by Crippen LogP contribution is 2.21. The number of nitrogens with zero attached hydrogens (tertiary/aromatic N) is 1. The zero-order valence-corrected chi connectivity index (χ0v) is 7.24. The molecule has 0 saturated heterocycles. The summed E-state index contributed by atoms with van der Waals surface area (Å²) in [6.07, 6.45) is 1.69. The van der Waals surface area contributed by atoms with E-state index in [4.69, 9.17) is 4.42 Å². The van der Waals surface area contributed by atoms with Crippen molar-refractivity contribution in [2.75, 3.05) is 0 Å². The van der Waals surface area contributed by atoms with Gasteiger partial charge in [-0.1, -0.05) is 0 Å². The molecule has 0 radical (unpaired) electrons. The predicted octanol–water partition coefficient (Wildman–Crippen LogP) is 2.59. The summed E-state index contributed by atoms with van der Waals surface area (Å²) >= 11 is 0. The Bertz CT molecular complexity index is 370. The molecule has 0 atom stereocenters. The topological polar surface area (TPSA) is 18.1 Å². The molecule has 12 heavy (non-hydrogen) atoms. The SMILES string of the molecule is Cc1ccc(-c2ccco2)n1C. The molecule has 0 unspecified atom stereocenters. The van der Waals surface area contributed by atoms with Gasteiger partial charge in [0, 0.05) is 12.7 Å². The second-order valence-electron chi connectivity index (χ2n) is 2.90. The summed E-state index contributed by atoms with van der Waals surface area (Å²) in [5.74, 6) is 0.922. The fourth-order valence-corrected chi connectivity index (χ4v) is 1.28. The van der Waals surface area contributed by atoms with Crippen molar-refractivity contribution in [3.05, 3.63) is 36.2 Å². The summed E-state index contributed by atoms with van der Waals surface area (Å²) in [5, 5.41) is 0. The summed E-state index contributed by atoms with van der Waals surface area (Å²) in [4.78, 5) is 0. The number of aryl methyl sites for hydroxylation is 1. The van der Waals surface area contributed by atoms with Crippen LogP contribution in [0, 0.1) is 6.92 Å². The fraction of sp³-hybridized carbons (Fsp3) is 0.200. The van der Waals surface area contributed by atoms with Crippen LogP contribution in [-0.2, 0) is 7.05 Å². The fourth-order valence-electron chi connectivity index (χ4n) is 1.28. The van der Waals surface area contributed by atoms with Crippen LogP contribution < -0.4 is 0 Å². The van der Waals surface area contributed by atoms with Crippen molar-refractivity contribution in [3.8, 4) is 11.5 Å². The quantitative estimate of drug-likeness (QED) is 0.628. The summed E-state index contributed by atoms with van der Waals surface area (Å²) in [7, 11) is 2.03. The van der Waals surface area contributed by atoms with E-state index >= 15 is 0 Å². The van der Waals surface area contributed by atoms with E-state index in [1.54, 1.807) is 6.26 Å². The van der Waals surface area contributed by atoms with Gasteiger partial charge in [-0.2, -0.15) is 0 Å². The van der Waals surface area contributed by atoms with Gasteiger partial charge in [-0.25, -0.2) is 0 Å². The molecule has 2 aromatic heterocycles. The van der Waals surface area contributed by atoms with Crippen molar-refractivity contribution in [1.82, 2.24) is 4.57 Å². The van der Waals surface area contributed by atoms with Gasteiger partial charge in [0.05, 0.1) is 12.0 Å². The Labute approximate surface area is 71.4 Å². The first kappa shape index (κ1) is 7.22. The van der Waals surface area contributed by atoms with Crippen LogP contribution in [0.25, 0.3) is 11.5 Å². The number of furan rings is 1. The zero-order chi connectivity index (χ0) is 8.55. The first-order chi connectivity index (χ1) is 5.79. The van der Waals surface area contributed by atoms with Crippen molar-refractivity contribution in [1.29, 1.82) is 0 Å². The Morgan fingerprint density at radius 3 is 2.58 bits per heavy atom. The Morgan fingerprint density at radius 2 is 2.08 bits per heavy atom. The van der Waals surface area contributed by atoms with E-state index in [9.17, 15) is 0 Å². The number of hydrogen-bond acceptors (Lipinski definition) is 1. The molecule has 0 aliphatic rings. The minimum atomic E-state index is 0.922. The van der Waals surface area contributed by atoms with Gasteiger partial charge in [0.25, 0.3) is 0 Å². The largest absolute Gasteiger partial charge is 0.463 e. The van der Waals surface area contributed by atoms with Gasteiger partial charge in [-0.15, -0.1) is 0 Å². The lowest BCUT2D eigenvalue weighted by Crippen LogP contribution is -1.92. The summed E-state index contributed by atoms with van der Waals surface area (Å²) in [5.41, 5.74) is 2.36. The maximum atomic E-state index is 5.29. The van der Waals surface area contributed by atoms with Crippen LogP contribution in [0.2, 0.25) is 0 Å². The van der Waals surface area contributed by atoms with Crippen molar-refractivity contribution in [2.45, 2.75) is 6.92 Å². The lowest BCUT2D eigenvalue weighted by Gasteiger charge is -2.00. The molecule has 0 amide bonds. The molecule has 0 bridgehead atoms. The molecule has 2 rings (SSSR count). The lowest BCUT2D eigenvalue weighted by molar-refractivity contribution is 0.576. The normalized spacial score (nSPS) is 10.5. The van der Waals surface area contributed by atoms with Crippen molar-refractivity contribution < 1.29 is 4.42 Å². The van der Waals surface area contributed by atoms with Crippen molar-refractivity contribution in [2.24, 2.45) is 7.05 Å². The van der Waals surface area contributed by atoms with Crippen molar-refractivity contribution >= 4 is 0 Å². The number of aromatic nitrogens is 1. The molecule has 0 spiro atoms.